The standard InChI is InChI=1S/C21H24N2O/c1-15(21(24)23-14-13-17-8-3-5-12-20(17)23)22-19-11-6-9-16-7-2-4-10-18(16)19/h2-5,7-8,10,12,15,19,22H,6,9,11,13-14H2,1H3/p+1/t15-,19+/m0/s1. The van der Waals surface area contributed by atoms with Crippen LogP contribution in [0.2, 0.25) is 0 Å². The van der Waals surface area contributed by atoms with Crippen molar-refractivity contribution in [2.45, 2.75) is 44.7 Å². The van der Waals surface area contributed by atoms with Crippen molar-refractivity contribution < 1.29 is 10.1 Å². The Kier molecular flexibility index (Phi) is 4.11. The highest BCUT2D eigenvalue weighted by Crippen LogP contribution is 2.29. The molecule has 0 saturated heterocycles. The highest BCUT2D eigenvalue weighted by Gasteiger charge is 2.32. The molecule has 1 amide bonds. The van der Waals surface area contributed by atoms with Crippen LogP contribution in [0, 0.1) is 0 Å². The number of carbonyl (C=O) groups excluding carboxylic acids is 1. The maximum absolute atomic E-state index is 13.0. The molecule has 0 aromatic heterocycles. The highest BCUT2D eigenvalue weighted by molar-refractivity contribution is 5.97. The maximum atomic E-state index is 13.0. The molecule has 0 spiro atoms. The fraction of sp³-hybridized carbons (Fsp3) is 0.381. The molecular formula is C21H25N2O+. The summed E-state index contributed by atoms with van der Waals surface area (Å²) < 4.78 is 0. The second-order valence-corrected chi connectivity index (χ2v) is 7.05. The number of para-hydroxylation sites is 1. The minimum absolute atomic E-state index is 0.0488. The lowest BCUT2D eigenvalue weighted by molar-refractivity contribution is -0.714. The summed E-state index contributed by atoms with van der Waals surface area (Å²) in [6, 6.07) is 17.4. The van der Waals surface area contributed by atoms with Crippen LogP contribution >= 0.6 is 0 Å². The van der Waals surface area contributed by atoms with Crippen LogP contribution in [0.3, 0.4) is 0 Å². The Morgan fingerprint density at radius 3 is 2.71 bits per heavy atom. The van der Waals surface area contributed by atoms with Crippen molar-refractivity contribution in [1.82, 2.24) is 0 Å². The maximum Gasteiger partial charge on any atom is 0.284 e. The molecule has 2 N–H and O–H groups in total. The Balaban J connectivity index is 1.50. The van der Waals surface area contributed by atoms with Gasteiger partial charge in [0.25, 0.3) is 5.91 Å². The van der Waals surface area contributed by atoms with Gasteiger partial charge in [0.1, 0.15) is 6.04 Å². The van der Waals surface area contributed by atoms with E-state index in [-0.39, 0.29) is 11.9 Å². The number of aryl methyl sites for hydroxylation is 1. The molecule has 1 aliphatic heterocycles. The fourth-order valence-corrected chi connectivity index (χ4v) is 4.24. The molecule has 0 saturated carbocycles. The van der Waals surface area contributed by atoms with E-state index >= 15 is 0 Å². The lowest BCUT2D eigenvalue weighted by Gasteiger charge is -2.27. The van der Waals surface area contributed by atoms with Crippen molar-refractivity contribution >= 4 is 11.6 Å². The Labute approximate surface area is 143 Å². The van der Waals surface area contributed by atoms with Gasteiger partial charge in [-0.05, 0) is 43.4 Å². The van der Waals surface area contributed by atoms with Gasteiger partial charge in [-0.3, -0.25) is 4.79 Å². The zero-order chi connectivity index (χ0) is 16.5. The molecule has 3 nitrogen and oxygen atoms in total. The van der Waals surface area contributed by atoms with Gasteiger partial charge < -0.3 is 10.2 Å². The van der Waals surface area contributed by atoms with Crippen molar-refractivity contribution in [3.8, 4) is 0 Å². The number of fused-ring (bicyclic) bond motifs is 2. The lowest BCUT2D eigenvalue weighted by Crippen LogP contribution is -2.93. The van der Waals surface area contributed by atoms with Crippen LogP contribution in [0.25, 0.3) is 0 Å². The fourth-order valence-electron chi connectivity index (χ4n) is 4.24. The molecule has 2 atom stereocenters. The number of nitrogens with two attached hydrogens (primary N) is 1. The van der Waals surface area contributed by atoms with E-state index in [1.807, 2.05) is 11.0 Å². The second-order valence-electron chi connectivity index (χ2n) is 7.05. The summed E-state index contributed by atoms with van der Waals surface area (Å²) in [5, 5.41) is 2.28. The molecule has 0 bridgehead atoms. The lowest BCUT2D eigenvalue weighted by atomic mass is 9.87. The quantitative estimate of drug-likeness (QED) is 0.927. The van der Waals surface area contributed by atoms with Gasteiger partial charge in [-0.1, -0.05) is 42.5 Å². The molecule has 4 rings (SSSR count). The summed E-state index contributed by atoms with van der Waals surface area (Å²) in [6.45, 7) is 2.87. The molecule has 2 aliphatic rings. The largest absolute Gasteiger partial charge is 0.330 e. The van der Waals surface area contributed by atoms with Gasteiger partial charge in [0.05, 0.1) is 0 Å². The highest BCUT2D eigenvalue weighted by atomic mass is 16.2. The number of hydrogen-bond acceptors (Lipinski definition) is 1. The van der Waals surface area contributed by atoms with Crippen LogP contribution in [-0.4, -0.2) is 18.5 Å². The first kappa shape index (κ1) is 15.4. The summed E-state index contributed by atoms with van der Waals surface area (Å²) in [5.74, 6) is 0.239. The number of hydrogen-bond donors (Lipinski definition) is 1. The number of amides is 1. The molecule has 1 aliphatic carbocycles. The van der Waals surface area contributed by atoms with Crippen molar-refractivity contribution in [3.05, 3.63) is 65.2 Å². The molecule has 0 unspecified atom stereocenters. The molecule has 0 fully saturated rings. The molecule has 2 aromatic carbocycles. The molecule has 124 valence electrons. The molecular weight excluding hydrogens is 296 g/mol. The Morgan fingerprint density at radius 1 is 1.08 bits per heavy atom. The number of anilines is 1. The Bertz CT molecular complexity index is 755. The predicted molar refractivity (Wildman–Crippen MR) is 96.0 cm³/mol. The van der Waals surface area contributed by atoms with E-state index < -0.39 is 0 Å². The third-order valence-corrected chi connectivity index (χ3v) is 5.48. The first-order valence-electron chi connectivity index (χ1n) is 9.06. The van der Waals surface area contributed by atoms with Crippen LogP contribution in [0.1, 0.15) is 42.5 Å². The van der Waals surface area contributed by atoms with Crippen molar-refractivity contribution in [3.63, 3.8) is 0 Å². The van der Waals surface area contributed by atoms with E-state index in [9.17, 15) is 4.79 Å². The summed E-state index contributed by atoms with van der Waals surface area (Å²) >= 11 is 0. The molecule has 2 aromatic rings. The van der Waals surface area contributed by atoms with E-state index in [1.54, 1.807) is 0 Å². The average molecular weight is 321 g/mol. The smallest absolute Gasteiger partial charge is 0.284 e. The molecule has 3 heteroatoms. The molecule has 24 heavy (non-hydrogen) atoms. The van der Waals surface area contributed by atoms with E-state index in [2.05, 4.69) is 54.7 Å². The third kappa shape index (κ3) is 2.73. The van der Waals surface area contributed by atoms with Crippen molar-refractivity contribution in [1.29, 1.82) is 0 Å². The van der Waals surface area contributed by atoms with Gasteiger partial charge in [-0.15, -0.1) is 0 Å². The number of benzene rings is 2. The topological polar surface area (TPSA) is 36.9 Å². The van der Waals surface area contributed by atoms with Crippen LogP contribution in [0.5, 0.6) is 0 Å². The minimum Gasteiger partial charge on any atom is -0.330 e. The van der Waals surface area contributed by atoms with Crippen LogP contribution < -0.4 is 10.2 Å². The van der Waals surface area contributed by atoms with Gasteiger partial charge >= 0.3 is 0 Å². The Morgan fingerprint density at radius 2 is 1.83 bits per heavy atom. The van der Waals surface area contributed by atoms with Crippen LogP contribution in [0.15, 0.2) is 48.5 Å². The van der Waals surface area contributed by atoms with E-state index in [0.717, 1.165) is 25.1 Å². The number of rotatable bonds is 3. The van der Waals surface area contributed by atoms with Crippen LogP contribution in [-0.2, 0) is 17.6 Å². The summed E-state index contributed by atoms with van der Waals surface area (Å²) in [7, 11) is 0. The van der Waals surface area contributed by atoms with E-state index in [0.29, 0.717) is 6.04 Å². The number of carbonyl (C=O) groups is 1. The Hall–Kier alpha value is -2.13. The van der Waals surface area contributed by atoms with Gasteiger partial charge in [0.2, 0.25) is 0 Å². The number of quaternary nitrogens is 1. The van der Waals surface area contributed by atoms with Crippen molar-refractivity contribution in [2.75, 3.05) is 11.4 Å². The van der Waals surface area contributed by atoms with Gasteiger partial charge in [0, 0.05) is 24.2 Å². The minimum atomic E-state index is -0.0488. The van der Waals surface area contributed by atoms with Gasteiger partial charge in [-0.2, -0.15) is 0 Å². The second kappa shape index (κ2) is 6.40. The summed E-state index contributed by atoms with van der Waals surface area (Å²) in [4.78, 5) is 15.0. The van der Waals surface area contributed by atoms with Crippen molar-refractivity contribution in [2.24, 2.45) is 0 Å². The van der Waals surface area contributed by atoms with Crippen LogP contribution in [0.4, 0.5) is 5.69 Å². The van der Waals surface area contributed by atoms with E-state index in [4.69, 9.17) is 0 Å². The first-order valence-corrected chi connectivity index (χ1v) is 9.06. The summed E-state index contributed by atoms with van der Waals surface area (Å²) in [5.41, 5.74) is 5.27. The monoisotopic (exact) mass is 321 g/mol. The zero-order valence-electron chi connectivity index (χ0n) is 14.2. The SMILES string of the molecule is C[C@H]([NH2+][C@@H]1CCCc2ccccc21)C(=O)N1CCc2ccccc21. The predicted octanol–water partition coefficient (Wildman–Crippen LogP) is 2.61. The molecule has 1 heterocycles. The first-order chi connectivity index (χ1) is 11.7. The average Bonchev–Trinajstić information content (AvgIpc) is 3.05. The van der Waals surface area contributed by atoms with E-state index in [1.165, 1.54) is 29.5 Å². The molecule has 0 radical (unpaired) electrons. The summed E-state index contributed by atoms with van der Waals surface area (Å²) in [6.07, 6.45) is 4.51. The number of nitrogens with zero attached hydrogens (tertiary/aromatic N) is 1. The van der Waals surface area contributed by atoms with Gasteiger partial charge in [-0.25, -0.2) is 0 Å². The van der Waals surface area contributed by atoms with Gasteiger partial charge in [0.15, 0.2) is 6.04 Å². The zero-order valence-corrected chi connectivity index (χ0v) is 14.2. The third-order valence-electron chi connectivity index (χ3n) is 5.48. The normalized spacial score (nSPS) is 20.4.